The molecule has 0 aliphatic rings. The highest BCUT2D eigenvalue weighted by Gasteiger charge is 2.27. The number of ether oxygens (including phenoxy) is 1. The molecule has 2 rings (SSSR count). The van der Waals surface area contributed by atoms with E-state index in [4.69, 9.17) is 4.74 Å². The van der Waals surface area contributed by atoms with E-state index in [9.17, 15) is 14.4 Å². The largest absolute Gasteiger partial charge is 0.468 e. The Hall–Kier alpha value is -2.89. The topological polar surface area (TPSA) is 79.5 Å². The Kier molecular flexibility index (Phi) is 6.55. The summed E-state index contributed by atoms with van der Waals surface area (Å²) in [6, 6.07) is 7.70. The first-order chi connectivity index (χ1) is 12.8. The molecule has 6 nitrogen and oxygen atoms in total. The molecular weight excluding hydrogens is 344 g/mol. The number of carbonyl (C=O) groups excluding carboxylic acids is 3. The van der Waals surface area contributed by atoms with Crippen LogP contribution in [0.3, 0.4) is 0 Å². The third-order valence-corrected chi connectivity index (χ3v) is 4.67. The molecule has 0 bridgehead atoms. The number of Topliss-reactive ketones (excluding diaryl/α,β-unsaturated/α-hetero) is 1. The lowest BCUT2D eigenvalue weighted by Gasteiger charge is -2.22. The van der Waals surface area contributed by atoms with Crippen molar-refractivity contribution in [3.8, 4) is 0 Å². The van der Waals surface area contributed by atoms with Crippen LogP contribution < -0.4 is 0 Å². The minimum absolute atomic E-state index is 0.0851. The smallest absolute Gasteiger partial charge is 0.325 e. The second-order valence-corrected chi connectivity index (χ2v) is 6.55. The first-order valence-electron chi connectivity index (χ1n) is 8.93. The van der Waals surface area contributed by atoms with Gasteiger partial charge in [-0.1, -0.05) is 31.2 Å². The van der Waals surface area contributed by atoms with Gasteiger partial charge in [-0.2, -0.15) is 0 Å². The fourth-order valence-electron chi connectivity index (χ4n) is 3.26. The Morgan fingerprint density at radius 3 is 2.37 bits per heavy atom. The Bertz CT molecular complexity index is 867. The molecule has 2 aromatic rings. The molecule has 27 heavy (non-hydrogen) atoms. The lowest BCUT2D eigenvalue weighted by Crippen LogP contribution is -2.36. The van der Waals surface area contributed by atoms with Crippen molar-refractivity contribution in [3.63, 3.8) is 0 Å². The third kappa shape index (κ3) is 4.45. The summed E-state index contributed by atoms with van der Waals surface area (Å²) in [6.07, 6.45) is 0.538. The van der Waals surface area contributed by atoms with Crippen molar-refractivity contribution >= 4 is 17.7 Å². The quantitative estimate of drug-likeness (QED) is 0.599. The first kappa shape index (κ1) is 20.4. The second kappa shape index (κ2) is 8.66. The minimum atomic E-state index is -0.495. The van der Waals surface area contributed by atoms with Gasteiger partial charge in [0.1, 0.15) is 12.2 Å². The molecule has 1 aromatic carbocycles. The second-order valence-electron chi connectivity index (χ2n) is 6.55. The summed E-state index contributed by atoms with van der Waals surface area (Å²) in [5.41, 5.74) is 4.24. The molecule has 0 fully saturated rings. The molecular formula is C21H26N2O4. The number of benzene rings is 1. The number of ketones is 1. The van der Waals surface area contributed by atoms with Crippen molar-refractivity contribution in [2.24, 2.45) is 0 Å². The summed E-state index contributed by atoms with van der Waals surface area (Å²) in [7, 11) is 1.29. The molecule has 0 atom stereocenters. The summed E-state index contributed by atoms with van der Waals surface area (Å²) in [6.45, 7) is 7.23. The molecule has 0 aliphatic heterocycles. The summed E-state index contributed by atoms with van der Waals surface area (Å²) in [4.78, 5) is 41.6. The van der Waals surface area contributed by atoms with Crippen LogP contribution in [0.25, 0.3) is 0 Å². The average molecular weight is 370 g/mol. The van der Waals surface area contributed by atoms with Crippen LogP contribution in [0.4, 0.5) is 0 Å². The average Bonchev–Trinajstić information content (AvgIpc) is 2.98. The van der Waals surface area contributed by atoms with E-state index in [-0.39, 0.29) is 24.8 Å². The van der Waals surface area contributed by atoms with Gasteiger partial charge in [0.2, 0.25) is 0 Å². The Balaban J connectivity index is 2.45. The van der Waals surface area contributed by atoms with Crippen molar-refractivity contribution in [1.29, 1.82) is 0 Å². The van der Waals surface area contributed by atoms with Crippen LogP contribution in [0.15, 0.2) is 24.3 Å². The predicted molar refractivity (Wildman–Crippen MR) is 103 cm³/mol. The molecule has 144 valence electrons. The maximum atomic E-state index is 13.3. The van der Waals surface area contributed by atoms with Gasteiger partial charge in [0.25, 0.3) is 5.91 Å². The number of nitrogens with zero attached hydrogens (tertiary/aromatic N) is 1. The normalized spacial score (nSPS) is 10.6. The summed E-state index contributed by atoms with van der Waals surface area (Å²) in [5.74, 6) is -0.903. The molecule has 0 saturated carbocycles. The highest BCUT2D eigenvalue weighted by atomic mass is 16.5. The predicted octanol–water partition coefficient (Wildman–Crippen LogP) is 3.21. The summed E-state index contributed by atoms with van der Waals surface area (Å²) in [5, 5.41) is 0. The molecule has 1 amide bonds. The van der Waals surface area contributed by atoms with Crippen LogP contribution in [0.2, 0.25) is 0 Å². The van der Waals surface area contributed by atoms with E-state index in [1.54, 1.807) is 6.92 Å². The monoisotopic (exact) mass is 370 g/mol. The molecule has 1 N–H and O–H groups in total. The maximum Gasteiger partial charge on any atom is 0.325 e. The van der Waals surface area contributed by atoms with E-state index in [0.29, 0.717) is 28.9 Å². The maximum absolute atomic E-state index is 13.3. The van der Waals surface area contributed by atoms with Gasteiger partial charge in [0, 0.05) is 17.8 Å². The number of aromatic nitrogens is 1. The van der Waals surface area contributed by atoms with Crippen LogP contribution in [0.5, 0.6) is 0 Å². The SMILES string of the molecule is CCc1c(C(=O)N(CC(=O)OC)Cc2ccccc2C)[nH]c(C)c1C(C)=O. The molecule has 0 spiro atoms. The Morgan fingerprint density at radius 2 is 1.81 bits per heavy atom. The fourth-order valence-corrected chi connectivity index (χ4v) is 3.26. The molecule has 0 unspecified atom stereocenters. The van der Waals surface area contributed by atoms with Gasteiger partial charge in [0.15, 0.2) is 5.78 Å². The minimum Gasteiger partial charge on any atom is -0.468 e. The molecule has 6 heteroatoms. The Labute approximate surface area is 159 Å². The van der Waals surface area contributed by atoms with E-state index in [2.05, 4.69) is 4.98 Å². The number of carbonyl (C=O) groups is 3. The number of aromatic amines is 1. The van der Waals surface area contributed by atoms with Gasteiger partial charge in [-0.15, -0.1) is 0 Å². The van der Waals surface area contributed by atoms with Gasteiger partial charge in [-0.05, 0) is 43.9 Å². The summed E-state index contributed by atoms with van der Waals surface area (Å²) < 4.78 is 4.76. The van der Waals surface area contributed by atoms with E-state index < -0.39 is 5.97 Å². The Morgan fingerprint density at radius 1 is 1.15 bits per heavy atom. The van der Waals surface area contributed by atoms with Gasteiger partial charge in [0.05, 0.1) is 7.11 Å². The zero-order chi connectivity index (χ0) is 20.1. The van der Waals surface area contributed by atoms with Crippen LogP contribution in [-0.2, 0) is 22.5 Å². The van der Waals surface area contributed by atoms with E-state index in [1.807, 2.05) is 38.1 Å². The van der Waals surface area contributed by atoms with Gasteiger partial charge in [-0.3, -0.25) is 14.4 Å². The third-order valence-electron chi connectivity index (χ3n) is 4.67. The van der Waals surface area contributed by atoms with E-state index in [1.165, 1.54) is 18.9 Å². The fraction of sp³-hybridized carbons (Fsp3) is 0.381. The van der Waals surface area contributed by atoms with Gasteiger partial charge < -0.3 is 14.6 Å². The van der Waals surface area contributed by atoms with Crippen molar-refractivity contribution in [3.05, 3.63) is 57.9 Å². The number of hydrogen-bond acceptors (Lipinski definition) is 4. The molecule has 0 radical (unpaired) electrons. The first-order valence-corrected chi connectivity index (χ1v) is 8.93. The number of hydrogen-bond donors (Lipinski definition) is 1. The van der Waals surface area contributed by atoms with Gasteiger partial charge in [-0.25, -0.2) is 0 Å². The lowest BCUT2D eigenvalue weighted by atomic mass is 10.0. The van der Waals surface area contributed by atoms with Crippen molar-refractivity contribution < 1.29 is 19.1 Å². The van der Waals surface area contributed by atoms with Crippen molar-refractivity contribution in [2.75, 3.05) is 13.7 Å². The van der Waals surface area contributed by atoms with Gasteiger partial charge >= 0.3 is 5.97 Å². The molecule has 1 aromatic heterocycles. The number of aryl methyl sites for hydroxylation is 2. The van der Waals surface area contributed by atoms with Crippen LogP contribution >= 0.6 is 0 Å². The van der Waals surface area contributed by atoms with Crippen molar-refractivity contribution in [2.45, 2.75) is 40.7 Å². The van der Waals surface area contributed by atoms with Crippen LogP contribution in [0, 0.1) is 13.8 Å². The summed E-state index contributed by atoms with van der Waals surface area (Å²) >= 11 is 0. The van der Waals surface area contributed by atoms with E-state index >= 15 is 0 Å². The molecule has 0 aliphatic carbocycles. The van der Waals surface area contributed by atoms with E-state index in [0.717, 1.165) is 11.1 Å². The zero-order valence-corrected chi connectivity index (χ0v) is 16.5. The number of nitrogens with one attached hydrogen (secondary N) is 1. The molecule has 0 saturated heterocycles. The number of methoxy groups -OCH3 is 1. The zero-order valence-electron chi connectivity index (χ0n) is 16.5. The number of esters is 1. The highest BCUT2D eigenvalue weighted by molar-refractivity contribution is 6.03. The van der Waals surface area contributed by atoms with Crippen LogP contribution in [-0.4, -0.2) is 41.2 Å². The van der Waals surface area contributed by atoms with Crippen LogP contribution in [0.1, 0.15) is 57.1 Å². The number of amides is 1. The standard InChI is InChI=1S/C21H26N2O4/c1-6-17-19(15(4)24)14(3)22-20(17)21(26)23(12-18(25)27-5)11-16-10-8-7-9-13(16)2/h7-10,22H,6,11-12H2,1-5H3. The number of rotatable bonds is 7. The van der Waals surface area contributed by atoms with Crippen molar-refractivity contribution in [1.82, 2.24) is 9.88 Å². The lowest BCUT2D eigenvalue weighted by molar-refractivity contribution is -0.141. The number of H-pyrrole nitrogens is 1. The highest BCUT2D eigenvalue weighted by Crippen LogP contribution is 2.23. The molecule has 1 heterocycles.